The molecule has 94 valence electrons. The zero-order valence-corrected chi connectivity index (χ0v) is 10.5. The molecule has 0 aliphatic heterocycles. The van der Waals surface area contributed by atoms with Crippen molar-refractivity contribution in [3.63, 3.8) is 0 Å². The molecule has 0 radical (unpaired) electrons. The molecule has 0 heterocycles. The molecule has 5 aliphatic rings. The van der Waals surface area contributed by atoms with Crippen LogP contribution < -0.4 is 0 Å². The average Bonchev–Trinajstić information content (AvgIpc) is 3.13. The number of hydrogen-bond acceptors (Lipinski definition) is 2. The van der Waals surface area contributed by atoms with Crippen molar-refractivity contribution >= 4 is 11.6 Å². The van der Waals surface area contributed by atoms with Gasteiger partial charge < -0.3 is 0 Å². The van der Waals surface area contributed by atoms with Crippen LogP contribution in [0.15, 0.2) is 12.2 Å². The van der Waals surface area contributed by atoms with E-state index in [1.54, 1.807) is 0 Å². The number of fused-ring (bicyclic) bond motifs is 8. The maximum atomic E-state index is 12.9. The van der Waals surface area contributed by atoms with Crippen molar-refractivity contribution in [1.82, 2.24) is 0 Å². The minimum Gasteiger partial charge on any atom is -0.298 e. The minimum atomic E-state index is -0.499. The summed E-state index contributed by atoms with van der Waals surface area (Å²) in [6, 6.07) is 0. The van der Waals surface area contributed by atoms with Gasteiger partial charge in [0.1, 0.15) is 0 Å². The molecule has 4 bridgehead atoms. The fraction of sp³-hybridized carbons (Fsp3) is 0.750. The fourth-order valence-electron chi connectivity index (χ4n) is 6.19. The molecule has 4 saturated carbocycles. The van der Waals surface area contributed by atoms with Crippen molar-refractivity contribution in [2.24, 2.45) is 40.9 Å². The van der Waals surface area contributed by atoms with Crippen molar-refractivity contribution < 1.29 is 9.59 Å². The summed E-state index contributed by atoms with van der Waals surface area (Å²) in [4.78, 5) is 25.9. The summed E-state index contributed by atoms with van der Waals surface area (Å²) in [6.45, 7) is 0. The molecule has 0 amide bonds. The van der Waals surface area contributed by atoms with Crippen LogP contribution in [-0.2, 0) is 9.59 Å². The van der Waals surface area contributed by atoms with Gasteiger partial charge in [-0.25, -0.2) is 0 Å². The summed E-state index contributed by atoms with van der Waals surface area (Å²) < 4.78 is 0. The van der Waals surface area contributed by atoms with Gasteiger partial charge in [0.05, 0.1) is 5.41 Å². The van der Waals surface area contributed by atoms with Crippen molar-refractivity contribution in [1.29, 1.82) is 0 Å². The van der Waals surface area contributed by atoms with Gasteiger partial charge in [0, 0.05) is 11.8 Å². The van der Waals surface area contributed by atoms with Crippen molar-refractivity contribution in [3.05, 3.63) is 12.2 Å². The predicted octanol–water partition coefficient (Wildman–Crippen LogP) is 2.38. The molecule has 1 spiro atoms. The number of Topliss-reactive ketones (excluding diaryl/α,β-unsaturated/α-hetero) is 2. The number of carbonyl (C=O) groups is 2. The summed E-state index contributed by atoms with van der Waals surface area (Å²) in [7, 11) is 0. The third-order valence-electron chi connectivity index (χ3n) is 6.79. The molecule has 18 heavy (non-hydrogen) atoms. The van der Waals surface area contributed by atoms with Gasteiger partial charge in [-0.3, -0.25) is 9.59 Å². The standard InChI is InChI=1S/C16H18O2/c17-14-12-9-2-3-10(6-9)13(12)15(18)16(14)7-8-1-4-11(16)5-8/h2-3,8-13H,1,4-7H2/t8-,9-,10+,11+,12-,13+,16?/m0/s1. The first-order valence-electron chi connectivity index (χ1n) is 7.49. The van der Waals surface area contributed by atoms with E-state index in [1.165, 1.54) is 6.42 Å². The lowest BCUT2D eigenvalue weighted by atomic mass is 9.68. The second-order valence-corrected chi connectivity index (χ2v) is 7.28. The molecule has 5 aliphatic carbocycles. The molecule has 5 rings (SSSR count). The zero-order chi connectivity index (χ0) is 12.1. The Bertz CT molecular complexity index is 473. The molecular formula is C16H18O2. The average molecular weight is 242 g/mol. The van der Waals surface area contributed by atoms with Crippen molar-refractivity contribution in [2.75, 3.05) is 0 Å². The van der Waals surface area contributed by atoms with E-state index in [-0.39, 0.29) is 11.8 Å². The second-order valence-electron chi connectivity index (χ2n) is 7.28. The van der Waals surface area contributed by atoms with Crippen LogP contribution in [0, 0.1) is 40.9 Å². The molecule has 2 nitrogen and oxygen atoms in total. The normalized spacial score (nSPS) is 59.3. The lowest BCUT2D eigenvalue weighted by Crippen LogP contribution is -2.40. The summed E-state index contributed by atoms with van der Waals surface area (Å²) >= 11 is 0. The zero-order valence-electron chi connectivity index (χ0n) is 10.5. The number of ketones is 2. The highest BCUT2D eigenvalue weighted by Gasteiger charge is 2.71. The molecule has 0 aromatic rings. The molecule has 1 unspecified atom stereocenters. The monoisotopic (exact) mass is 242 g/mol. The first-order valence-corrected chi connectivity index (χ1v) is 7.49. The molecule has 2 heteroatoms. The Morgan fingerprint density at radius 3 is 2.11 bits per heavy atom. The Labute approximate surface area is 107 Å². The van der Waals surface area contributed by atoms with Gasteiger partial charge in [-0.1, -0.05) is 18.6 Å². The van der Waals surface area contributed by atoms with Gasteiger partial charge in [0.15, 0.2) is 11.6 Å². The summed E-state index contributed by atoms with van der Waals surface area (Å²) in [5.74, 6) is 2.76. The Balaban J connectivity index is 1.65. The van der Waals surface area contributed by atoms with Crippen LogP contribution in [0.1, 0.15) is 32.1 Å². The molecular weight excluding hydrogens is 224 g/mol. The topological polar surface area (TPSA) is 34.1 Å². The molecule has 0 N–H and O–H groups in total. The van der Waals surface area contributed by atoms with Crippen LogP contribution >= 0.6 is 0 Å². The smallest absolute Gasteiger partial charge is 0.151 e. The van der Waals surface area contributed by atoms with Gasteiger partial charge in [0.25, 0.3) is 0 Å². The van der Waals surface area contributed by atoms with Gasteiger partial charge >= 0.3 is 0 Å². The largest absolute Gasteiger partial charge is 0.298 e. The first kappa shape index (κ1) is 9.94. The molecule has 0 aromatic carbocycles. The van der Waals surface area contributed by atoms with E-state index in [9.17, 15) is 9.59 Å². The summed E-state index contributed by atoms with van der Waals surface area (Å²) in [5, 5.41) is 0. The van der Waals surface area contributed by atoms with E-state index in [4.69, 9.17) is 0 Å². The van der Waals surface area contributed by atoms with Gasteiger partial charge in [0.2, 0.25) is 0 Å². The predicted molar refractivity (Wildman–Crippen MR) is 65.6 cm³/mol. The van der Waals surface area contributed by atoms with Gasteiger partial charge in [-0.2, -0.15) is 0 Å². The number of rotatable bonds is 0. The lowest BCUT2D eigenvalue weighted by Gasteiger charge is -2.32. The maximum Gasteiger partial charge on any atom is 0.151 e. The molecule has 4 fully saturated rings. The van der Waals surface area contributed by atoms with Crippen molar-refractivity contribution in [3.8, 4) is 0 Å². The Morgan fingerprint density at radius 2 is 1.61 bits per heavy atom. The fourth-order valence-corrected chi connectivity index (χ4v) is 6.19. The summed E-state index contributed by atoms with van der Waals surface area (Å²) in [5.41, 5.74) is -0.499. The number of carbonyl (C=O) groups excluding carboxylic acids is 2. The molecule has 0 aromatic heterocycles. The second kappa shape index (κ2) is 2.81. The highest BCUT2D eigenvalue weighted by atomic mass is 16.2. The molecule has 7 atom stereocenters. The number of allylic oxidation sites excluding steroid dienone is 2. The van der Waals surface area contributed by atoms with Crippen LogP contribution in [0.2, 0.25) is 0 Å². The Kier molecular flexibility index (Phi) is 1.55. The van der Waals surface area contributed by atoms with Crippen LogP contribution in [0.5, 0.6) is 0 Å². The van der Waals surface area contributed by atoms with Crippen molar-refractivity contribution in [2.45, 2.75) is 32.1 Å². The molecule has 0 saturated heterocycles. The SMILES string of the molecule is O=C1[C@@H]2[C@H](C(=O)C13C[C@H]1CC[C@@H]3C1)[C@@H]1C=C[C@H]2C1. The first-order chi connectivity index (χ1) is 8.72. The number of hydrogen-bond donors (Lipinski definition) is 0. The minimum absolute atomic E-state index is 0.0758. The van der Waals surface area contributed by atoms with E-state index in [1.807, 2.05) is 0 Å². The summed E-state index contributed by atoms with van der Waals surface area (Å²) in [6.07, 6.45) is 9.93. The lowest BCUT2D eigenvalue weighted by molar-refractivity contribution is -0.140. The van der Waals surface area contributed by atoms with Crippen LogP contribution in [0.4, 0.5) is 0 Å². The highest BCUT2D eigenvalue weighted by molar-refractivity contribution is 6.17. The van der Waals surface area contributed by atoms with Crippen LogP contribution in [-0.4, -0.2) is 11.6 Å². The van der Waals surface area contributed by atoms with E-state index in [2.05, 4.69) is 12.2 Å². The van der Waals surface area contributed by atoms with E-state index >= 15 is 0 Å². The van der Waals surface area contributed by atoms with E-state index in [0.717, 1.165) is 25.7 Å². The van der Waals surface area contributed by atoms with Gasteiger partial charge in [-0.05, 0) is 49.4 Å². The Morgan fingerprint density at radius 1 is 0.944 bits per heavy atom. The third kappa shape index (κ3) is 0.828. The van der Waals surface area contributed by atoms with Gasteiger partial charge in [-0.15, -0.1) is 0 Å². The quantitative estimate of drug-likeness (QED) is 0.483. The third-order valence-corrected chi connectivity index (χ3v) is 6.79. The van der Waals surface area contributed by atoms with E-state index in [0.29, 0.717) is 35.2 Å². The maximum absolute atomic E-state index is 12.9. The highest BCUT2D eigenvalue weighted by Crippen LogP contribution is 2.66. The van der Waals surface area contributed by atoms with Crippen LogP contribution in [0.3, 0.4) is 0 Å². The Hall–Kier alpha value is -0.920. The van der Waals surface area contributed by atoms with Crippen LogP contribution in [0.25, 0.3) is 0 Å². The van der Waals surface area contributed by atoms with E-state index < -0.39 is 5.41 Å².